The summed E-state index contributed by atoms with van der Waals surface area (Å²) in [6.45, 7) is 6.46. The Hall–Kier alpha value is -5.72. The van der Waals surface area contributed by atoms with Gasteiger partial charge in [-0.2, -0.15) is 5.26 Å². The molecule has 15 heteroatoms. The number of aryl methyl sites for hydroxylation is 1. The summed E-state index contributed by atoms with van der Waals surface area (Å²) in [4.78, 5) is 31.1. The van der Waals surface area contributed by atoms with Crippen LogP contribution in [0.4, 0.5) is 0 Å². The van der Waals surface area contributed by atoms with Gasteiger partial charge in [0.2, 0.25) is 0 Å². The average molecular weight is 900 g/mol. The zero-order chi connectivity index (χ0) is 45.8. The van der Waals surface area contributed by atoms with E-state index in [1.54, 1.807) is 54.4 Å². The minimum absolute atomic E-state index is 0.0370. The molecular formula is C48H52Cl2N4O9. The van der Waals surface area contributed by atoms with E-state index in [4.69, 9.17) is 37.4 Å². The average Bonchev–Trinajstić information content (AvgIpc) is 3.25. The molecule has 5 rings (SSSR count). The van der Waals surface area contributed by atoms with Crippen LogP contribution in [0.15, 0.2) is 79.1 Å². The summed E-state index contributed by atoms with van der Waals surface area (Å²) in [5.74, 6) is -0.797. The molecule has 2 unspecified atom stereocenters. The van der Waals surface area contributed by atoms with Crippen molar-refractivity contribution >= 4 is 35.1 Å². The third-order valence-corrected chi connectivity index (χ3v) is 11.6. The zero-order valence-corrected chi connectivity index (χ0v) is 37.4. The van der Waals surface area contributed by atoms with Crippen molar-refractivity contribution in [1.82, 2.24) is 14.8 Å². The minimum atomic E-state index is -1.06. The summed E-state index contributed by atoms with van der Waals surface area (Å²) in [5.41, 5.74) is 9.34. The summed E-state index contributed by atoms with van der Waals surface area (Å²) in [5, 5.41) is 48.3. The van der Waals surface area contributed by atoms with Crippen molar-refractivity contribution in [2.45, 2.75) is 78.6 Å². The monoisotopic (exact) mass is 898 g/mol. The number of aliphatic carboxylic acids is 2. The number of aliphatic hydroxyl groups is 2. The van der Waals surface area contributed by atoms with Crippen LogP contribution in [-0.4, -0.2) is 86.5 Å². The smallest absolute Gasteiger partial charge is 0.321 e. The molecule has 1 heterocycles. The second-order valence-electron chi connectivity index (χ2n) is 15.4. The van der Waals surface area contributed by atoms with Crippen molar-refractivity contribution in [1.29, 1.82) is 5.26 Å². The minimum Gasteiger partial charge on any atom is -0.488 e. The number of carboxylic acids is 2. The maximum absolute atomic E-state index is 12.0. The van der Waals surface area contributed by atoms with Crippen molar-refractivity contribution in [3.63, 3.8) is 0 Å². The van der Waals surface area contributed by atoms with Crippen LogP contribution in [-0.2, 0) is 42.5 Å². The number of hydrogen-bond donors (Lipinski definition) is 4. The second kappa shape index (κ2) is 22.6. The van der Waals surface area contributed by atoms with E-state index in [-0.39, 0.29) is 52.4 Å². The largest absolute Gasteiger partial charge is 0.488 e. The summed E-state index contributed by atoms with van der Waals surface area (Å²) >= 11 is 13.5. The lowest BCUT2D eigenvalue weighted by Crippen LogP contribution is -2.38. The normalized spacial score (nSPS) is 12.2. The number of pyridine rings is 1. The molecule has 4 aromatic carbocycles. The van der Waals surface area contributed by atoms with Gasteiger partial charge in [0, 0.05) is 55.9 Å². The number of carboxylic acid groups (broad SMARTS) is 2. The molecule has 0 bridgehead atoms. The Kier molecular flexibility index (Phi) is 17.3. The lowest BCUT2D eigenvalue weighted by molar-refractivity contribution is -0.144. The Morgan fingerprint density at radius 1 is 0.683 bits per heavy atom. The molecule has 0 radical (unpaired) electrons. The fraction of sp³-hybridized carbons (Fsp3) is 0.333. The Balaban J connectivity index is 1.34. The number of aliphatic hydroxyl groups excluding tert-OH is 2. The Morgan fingerprint density at radius 2 is 1.17 bits per heavy atom. The number of carbonyl (C=O) groups is 2. The predicted molar refractivity (Wildman–Crippen MR) is 240 cm³/mol. The van der Waals surface area contributed by atoms with E-state index in [1.165, 1.54) is 6.20 Å². The van der Waals surface area contributed by atoms with E-state index in [0.29, 0.717) is 50.5 Å². The lowest BCUT2D eigenvalue weighted by atomic mass is 9.92. The first-order valence-electron chi connectivity index (χ1n) is 20.2. The van der Waals surface area contributed by atoms with Gasteiger partial charge in [0.1, 0.15) is 55.2 Å². The van der Waals surface area contributed by atoms with Gasteiger partial charge in [-0.1, -0.05) is 59.6 Å². The van der Waals surface area contributed by atoms with Gasteiger partial charge in [-0.25, -0.2) is 0 Å². The molecule has 13 nitrogen and oxygen atoms in total. The molecule has 1 aromatic heterocycles. The van der Waals surface area contributed by atoms with Gasteiger partial charge in [0.15, 0.2) is 0 Å². The number of benzene rings is 4. The first-order chi connectivity index (χ1) is 30.1. The Morgan fingerprint density at radius 3 is 1.68 bits per heavy atom. The van der Waals surface area contributed by atoms with Crippen LogP contribution in [0.1, 0.15) is 62.9 Å². The van der Waals surface area contributed by atoms with Crippen molar-refractivity contribution < 1.29 is 44.2 Å². The molecule has 0 aliphatic heterocycles. The summed E-state index contributed by atoms with van der Waals surface area (Å²) < 4.78 is 18.9. The Labute approximate surface area is 377 Å². The van der Waals surface area contributed by atoms with Gasteiger partial charge in [-0.3, -0.25) is 24.4 Å². The molecule has 0 spiro atoms. The number of nitriles is 1. The predicted octanol–water partition coefficient (Wildman–Crippen LogP) is 8.12. The van der Waals surface area contributed by atoms with Crippen LogP contribution < -0.4 is 14.2 Å². The van der Waals surface area contributed by atoms with Gasteiger partial charge in [0.05, 0.1) is 15.6 Å². The van der Waals surface area contributed by atoms with E-state index in [2.05, 4.69) is 23.2 Å². The standard InChI is InChI=1S/C48H52Cl2N4O9/c1-29-16-45(40(49)18-36(29)24-53(4)42(12-14-55)47(57)58)62-27-34-8-6-10-38(30(34)2)39-11-7-9-35(31(39)3)28-63-46-20-44(61-26-33-17-32(21-51)22-52-23-33)37(19-41(46)50)25-54(5)43(13-15-56)48(59)60/h6-11,16-20,22-23,42-43,55-56H,12-15,24-28H2,1-5H3,(H,57,58)(H,59,60). The van der Waals surface area contributed by atoms with E-state index in [9.17, 15) is 35.3 Å². The van der Waals surface area contributed by atoms with Crippen LogP contribution in [0, 0.1) is 32.1 Å². The summed E-state index contributed by atoms with van der Waals surface area (Å²) in [7, 11) is 3.36. The highest BCUT2D eigenvalue weighted by atomic mass is 35.5. The van der Waals surface area contributed by atoms with Crippen molar-refractivity contribution in [3.05, 3.63) is 139 Å². The number of ether oxygens (including phenoxy) is 3. The molecule has 63 heavy (non-hydrogen) atoms. The molecule has 0 saturated heterocycles. The lowest BCUT2D eigenvalue weighted by Gasteiger charge is -2.25. The molecule has 0 saturated carbocycles. The molecule has 0 aliphatic rings. The maximum Gasteiger partial charge on any atom is 0.321 e. The zero-order valence-electron chi connectivity index (χ0n) is 35.9. The first kappa shape index (κ1) is 48.3. The highest BCUT2D eigenvalue weighted by Gasteiger charge is 2.25. The van der Waals surface area contributed by atoms with Crippen molar-refractivity contribution in [3.8, 4) is 34.4 Å². The number of aromatic nitrogens is 1. The number of rotatable bonds is 22. The van der Waals surface area contributed by atoms with Crippen LogP contribution in [0.5, 0.6) is 17.2 Å². The maximum atomic E-state index is 12.0. The number of likely N-dealkylation sites (N-methyl/N-ethyl adjacent to an activating group) is 2. The fourth-order valence-corrected chi connectivity index (χ4v) is 7.83. The molecular weight excluding hydrogens is 847 g/mol. The first-order valence-corrected chi connectivity index (χ1v) is 21.0. The van der Waals surface area contributed by atoms with Gasteiger partial charge in [-0.05, 0) is 116 Å². The molecule has 2 atom stereocenters. The number of halogens is 2. The van der Waals surface area contributed by atoms with Gasteiger partial charge in [0.25, 0.3) is 0 Å². The summed E-state index contributed by atoms with van der Waals surface area (Å²) in [6, 6.07) is 21.0. The number of hydrogen-bond acceptors (Lipinski definition) is 11. The van der Waals surface area contributed by atoms with E-state index >= 15 is 0 Å². The van der Waals surface area contributed by atoms with Crippen LogP contribution in [0.2, 0.25) is 10.0 Å². The molecule has 0 amide bonds. The quantitative estimate of drug-likeness (QED) is 0.0523. The molecule has 0 fully saturated rings. The van der Waals surface area contributed by atoms with Crippen LogP contribution in [0.25, 0.3) is 11.1 Å². The molecule has 4 N–H and O–H groups in total. The van der Waals surface area contributed by atoms with Gasteiger partial charge in [-0.15, -0.1) is 0 Å². The third-order valence-electron chi connectivity index (χ3n) is 11.1. The number of nitrogens with zero attached hydrogens (tertiary/aromatic N) is 4. The highest BCUT2D eigenvalue weighted by molar-refractivity contribution is 6.32. The second-order valence-corrected chi connectivity index (χ2v) is 16.2. The van der Waals surface area contributed by atoms with Gasteiger partial charge < -0.3 is 34.6 Å². The van der Waals surface area contributed by atoms with Crippen molar-refractivity contribution in [2.24, 2.45) is 0 Å². The third kappa shape index (κ3) is 12.5. The molecule has 332 valence electrons. The summed E-state index contributed by atoms with van der Waals surface area (Å²) in [6.07, 6.45) is 3.21. The van der Waals surface area contributed by atoms with E-state index in [1.807, 2.05) is 51.1 Å². The Bertz CT molecular complexity index is 2460. The van der Waals surface area contributed by atoms with Crippen molar-refractivity contribution in [2.75, 3.05) is 27.3 Å². The van der Waals surface area contributed by atoms with E-state index < -0.39 is 24.0 Å². The molecule has 5 aromatic rings. The molecule has 0 aliphatic carbocycles. The highest BCUT2D eigenvalue weighted by Crippen LogP contribution is 2.37. The SMILES string of the molecule is Cc1cc(OCc2cccc(-c3cccc(COc4cc(OCc5cncc(C#N)c5)c(CN(C)C(CCO)C(=O)O)cc4Cl)c3C)c2C)c(Cl)cc1CN(C)C(CCO)C(=O)O. The van der Waals surface area contributed by atoms with Crippen LogP contribution in [0.3, 0.4) is 0 Å². The van der Waals surface area contributed by atoms with Gasteiger partial charge >= 0.3 is 11.9 Å². The fourth-order valence-electron chi connectivity index (χ4n) is 7.35. The van der Waals surface area contributed by atoms with E-state index in [0.717, 1.165) is 44.5 Å². The van der Waals surface area contributed by atoms with Crippen LogP contribution >= 0.6 is 23.2 Å². The topological polar surface area (TPSA) is 186 Å².